The van der Waals surface area contributed by atoms with Gasteiger partial charge in [-0.25, -0.2) is 4.98 Å². The molecule has 0 aliphatic carbocycles. The fourth-order valence-corrected chi connectivity index (χ4v) is 8.14. The van der Waals surface area contributed by atoms with Crippen LogP contribution in [0.4, 0.5) is 0 Å². The van der Waals surface area contributed by atoms with Gasteiger partial charge in [0.2, 0.25) is 0 Å². The largest absolute Gasteiger partial charge is 0.423 e. The summed E-state index contributed by atoms with van der Waals surface area (Å²) in [5.41, 5.74) is 13.6. The summed E-state index contributed by atoms with van der Waals surface area (Å²) in [6.45, 7) is 0.0346. The molecule has 5 heterocycles. The summed E-state index contributed by atoms with van der Waals surface area (Å²) in [5.74, 6) is 7.18. The smallest absolute Gasteiger partial charge is 0.381 e. The van der Waals surface area contributed by atoms with Crippen LogP contribution >= 0.6 is 0 Å². The first-order valence-corrected chi connectivity index (χ1v) is 18.6. The van der Waals surface area contributed by atoms with Crippen LogP contribution in [0.25, 0.3) is 50.5 Å². The Morgan fingerprint density at radius 1 is 0.407 bits per heavy atom. The topological polar surface area (TPSA) is 22.6 Å². The standard InChI is InChI=1S/C47H35B3N4/c1-5-16-36(17-6-1)42-26-29-53-49(34-42)52-28-14-13-27-48(52)54-47(33-44(35-50(53)54)37-18-7-2-8-19-37)41-25-15-24-40(30-41)43-31-45(38-20-9-3-10-21-38)51-46(32-43)39-22-11-4-12-23-39/h1-35H. The molecule has 7 heteroatoms. The predicted molar refractivity (Wildman–Crippen MR) is 228 cm³/mol. The van der Waals surface area contributed by atoms with E-state index < -0.39 is 0 Å². The van der Waals surface area contributed by atoms with E-state index in [1.807, 2.05) is 0 Å². The van der Waals surface area contributed by atoms with E-state index in [4.69, 9.17) is 4.98 Å². The SMILES string of the molecule is C1=CB2N(C=C1)B1C=C(c3ccccc3)C=CN1B1C=C(c3ccccc3)C=C(c3cccc(-c4cc(-c5ccccc5)nc(-c5ccccc5)c4)c3)N21. The van der Waals surface area contributed by atoms with Gasteiger partial charge in [-0.15, -0.1) is 0 Å². The van der Waals surface area contributed by atoms with Gasteiger partial charge < -0.3 is 14.2 Å². The van der Waals surface area contributed by atoms with Crippen molar-refractivity contribution in [2.24, 2.45) is 0 Å². The van der Waals surface area contributed by atoms with Crippen molar-refractivity contribution in [3.8, 4) is 33.6 Å². The van der Waals surface area contributed by atoms with Gasteiger partial charge in [0.25, 0.3) is 0 Å². The molecule has 0 radical (unpaired) electrons. The molecule has 1 fully saturated rings. The minimum absolute atomic E-state index is 0.0137. The molecule has 1 saturated heterocycles. The monoisotopic (exact) mass is 688 g/mol. The summed E-state index contributed by atoms with van der Waals surface area (Å²) in [6, 6.07) is 55.9. The first-order chi connectivity index (χ1) is 26.8. The number of rotatable bonds is 6. The van der Waals surface area contributed by atoms with Crippen LogP contribution in [0.15, 0.2) is 212 Å². The lowest BCUT2D eigenvalue weighted by Crippen LogP contribution is -2.74. The average Bonchev–Trinajstić information content (AvgIpc) is 3.27. The van der Waals surface area contributed by atoms with Gasteiger partial charge in [0.15, 0.2) is 0 Å². The zero-order valence-electron chi connectivity index (χ0n) is 29.7. The lowest BCUT2D eigenvalue weighted by atomic mass is 9.40. The van der Waals surface area contributed by atoms with Gasteiger partial charge in [-0.05, 0) is 87.8 Å². The summed E-state index contributed by atoms with van der Waals surface area (Å²) < 4.78 is 7.54. The highest BCUT2D eigenvalue weighted by Gasteiger charge is 2.52. The van der Waals surface area contributed by atoms with Crippen LogP contribution in [0, 0.1) is 0 Å². The van der Waals surface area contributed by atoms with E-state index in [9.17, 15) is 0 Å². The maximum absolute atomic E-state index is 5.15. The zero-order valence-corrected chi connectivity index (χ0v) is 29.7. The third-order valence-electron chi connectivity index (χ3n) is 10.8. The Morgan fingerprint density at radius 3 is 1.59 bits per heavy atom. The summed E-state index contributed by atoms with van der Waals surface area (Å²) in [7, 11) is 0. The molecule has 5 aromatic carbocycles. The zero-order chi connectivity index (χ0) is 35.8. The van der Waals surface area contributed by atoms with Crippen molar-refractivity contribution in [2.45, 2.75) is 0 Å². The normalized spacial score (nSPS) is 15.7. The first-order valence-electron chi connectivity index (χ1n) is 18.6. The first kappa shape index (κ1) is 32.0. The van der Waals surface area contributed by atoms with Crippen molar-refractivity contribution in [3.63, 3.8) is 0 Å². The Labute approximate surface area is 318 Å². The molecular weight excluding hydrogens is 653 g/mol. The second-order valence-electron chi connectivity index (χ2n) is 14.0. The van der Waals surface area contributed by atoms with Crippen molar-refractivity contribution in [2.75, 3.05) is 0 Å². The lowest BCUT2D eigenvalue weighted by Gasteiger charge is -2.55. The van der Waals surface area contributed by atoms with Gasteiger partial charge in [-0.1, -0.05) is 164 Å². The van der Waals surface area contributed by atoms with Gasteiger partial charge in [0.1, 0.15) is 0 Å². The Bertz CT molecular complexity index is 2470. The molecule has 0 unspecified atom stereocenters. The average molecular weight is 688 g/mol. The van der Waals surface area contributed by atoms with Crippen LogP contribution in [0.3, 0.4) is 0 Å². The fraction of sp³-hybridized carbons (Fsp3) is 0. The van der Waals surface area contributed by atoms with Crippen molar-refractivity contribution < 1.29 is 0 Å². The Kier molecular flexibility index (Phi) is 8.10. The highest BCUT2D eigenvalue weighted by Crippen LogP contribution is 2.41. The molecule has 0 bridgehead atoms. The van der Waals surface area contributed by atoms with Crippen molar-refractivity contribution in [3.05, 3.63) is 229 Å². The number of hydrogen-bond acceptors (Lipinski definition) is 4. The molecule has 252 valence electrons. The van der Waals surface area contributed by atoms with E-state index in [0.717, 1.165) is 33.6 Å². The van der Waals surface area contributed by atoms with Crippen LogP contribution < -0.4 is 0 Å². The summed E-state index contributed by atoms with van der Waals surface area (Å²) in [4.78, 5) is 5.15. The highest BCUT2D eigenvalue weighted by atomic mass is 15.3. The number of allylic oxidation sites excluding steroid dienone is 6. The van der Waals surface area contributed by atoms with Crippen LogP contribution in [0.5, 0.6) is 0 Å². The number of aromatic nitrogens is 1. The van der Waals surface area contributed by atoms with E-state index in [1.54, 1.807) is 0 Å². The van der Waals surface area contributed by atoms with Crippen molar-refractivity contribution in [1.82, 2.24) is 19.1 Å². The van der Waals surface area contributed by atoms with E-state index >= 15 is 0 Å². The predicted octanol–water partition coefficient (Wildman–Crippen LogP) is 10.2. The Morgan fingerprint density at radius 2 is 0.944 bits per heavy atom. The molecule has 0 amide bonds. The molecule has 4 nitrogen and oxygen atoms in total. The molecule has 6 aromatic rings. The maximum atomic E-state index is 5.15. The second kappa shape index (κ2) is 13.7. The van der Waals surface area contributed by atoms with Crippen LogP contribution in [-0.4, -0.2) is 40.1 Å². The highest BCUT2D eigenvalue weighted by molar-refractivity contribution is 6.93. The van der Waals surface area contributed by atoms with Crippen LogP contribution in [-0.2, 0) is 0 Å². The molecule has 0 saturated carbocycles. The van der Waals surface area contributed by atoms with E-state index in [1.165, 1.54) is 33.5 Å². The van der Waals surface area contributed by atoms with Crippen molar-refractivity contribution >= 4 is 37.8 Å². The molecule has 0 atom stereocenters. The molecule has 1 aromatic heterocycles. The quantitative estimate of drug-likeness (QED) is 0.163. The van der Waals surface area contributed by atoms with Crippen LogP contribution in [0.1, 0.15) is 16.7 Å². The van der Waals surface area contributed by atoms with Gasteiger partial charge >= 0.3 is 20.9 Å². The third kappa shape index (κ3) is 5.84. The molecule has 0 N–H and O–H groups in total. The molecule has 4 aliphatic rings. The Balaban J connectivity index is 1.11. The molecule has 0 spiro atoms. The van der Waals surface area contributed by atoms with E-state index in [2.05, 4.69) is 227 Å². The molecular formula is C47H35B3N4. The molecule has 54 heavy (non-hydrogen) atoms. The van der Waals surface area contributed by atoms with E-state index in [-0.39, 0.29) is 20.9 Å². The second-order valence-corrected chi connectivity index (χ2v) is 14.0. The van der Waals surface area contributed by atoms with Gasteiger partial charge in [-0.3, -0.25) is 0 Å². The minimum Gasteiger partial charge on any atom is -0.423 e. The number of pyridine rings is 1. The number of fused-ring (bicyclic) bond motifs is 6. The fourth-order valence-electron chi connectivity index (χ4n) is 8.14. The molecule has 10 rings (SSSR count). The van der Waals surface area contributed by atoms with E-state index in [0.29, 0.717) is 0 Å². The van der Waals surface area contributed by atoms with Crippen molar-refractivity contribution in [1.29, 1.82) is 0 Å². The molecule has 4 aliphatic heterocycles. The third-order valence-corrected chi connectivity index (χ3v) is 10.8. The Hall–Kier alpha value is -6.72. The number of hydrogen-bond donors (Lipinski definition) is 0. The summed E-state index contributed by atoms with van der Waals surface area (Å²) >= 11 is 0. The number of benzene rings is 5. The van der Waals surface area contributed by atoms with Crippen LogP contribution in [0.2, 0.25) is 0 Å². The minimum atomic E-state index is -0.0219. The van der Waals surface area contributed by atoms with Gasteiger partial charge in [-0.2, -0.15) is 0 Å². The lowest BCUT2D eigenvalue weighted by molar-refractivity contribution is 0.633. The number of nitrogens with zero attached hydrogens (tertiary/aromatic N) is 4. The van der Waals surface area contributed by atoms with Gasteiger partial charge in [0, 0.05) is 16.8 Å². The summed E-state index contributed by atoms with van der Waals surface area (Å²) in [5, 5.41) is 0. The summed E-state index contributed by atoms with van der Waals surface area (Å²) in [6.07, 6.45) is 13.5. The maximum Gasteiger partial charge on any atom is 0.381 e. The van der Waals surface area contributed by atoms with Gasteiger partial charge in [0.05, 0.1) is 11.4 Å².